The fourth-order valence-corrected chi connectivity index (χ4v) is 4.65. The lowest BCUT2D eigenvalue weighted by Crippen LogP contribution is -2.39. The highest BCUT2D eigenvalue weighted by molar-refractivity contribution is 7.07. The van der Waals surface area contributed by atoms with Gasteiger partial charge in [-0.25, -0.2) is 9.79 Å². The number of hydrogen-bond acceptors (Lipinski definition) is 8. The predicted molar refractivity (Wildman–Crippen MR) is 119 cm³/mol. The molecule has 2 aromatic heterocycles. The van der Waals surface area contributed by atoms with Gasteiger partial charge in [-0.05, 0) is 49.8 Å². The molecule has 0 aliphatic carbocycles. The van der Waals surface area contributed by atoms with Gasteiger partial charge in [0.15, 0.2) is 16.3 Å². The van der Waals surface area contributed by atoms with Crippen LogP contribution in [0.25, 0.3) is 6.08 Å². The maximum absolute atomic E-state index is 13.4. The SMILES string of the molecule is CCOC(=O)C1=C(C)N=c2s/c(=C/c3ccc(OC)c(OC)c3)c(=O)n2[C@@H]1c1ccco1. The first kappa shape index (κ1) is 21.6. The number of aromatic nitrogens is 1. The quantitative estimate of drug-likeness (QED) is 0.531. The second kappa shape index (κ2) is 8.88. The Kier molecular flexibility index (Phi) is 6.00. The van der Waals surface area contributed by atoms with E-state index >= 15 is 0 Å². The Hall–Kier alpha value is -3.59. The van der Waals surface area contributed by atoms with Crippen molar-refractivity contribution >= 4 is 23.4 Å². The van der Waals surface area contributed by atoms with E-state index in [2.05, 4.69) is 4.99 Å². The molecule has 0 unspecified atom stereocenters. The van der Waals surface area contributed by atoms with Crippen LogP contribution in [0.5, 0.6) is 11.5 Å². The van der Waals surface area contributed by atoms with E-state index in [0.29, 0.717) is 32.3 Å². The van der Waals surface area contributed by atoms with E-state index in [9.17, 15) is 9.59 Å². The van der Waals surface area contributed by atoms with Crippen LogP contribution >= 0.6 is 11.3 Å². The Balaban J connectivity index is 1.90. The number of thiazole rings is 1. The summed E-state index contributed by atoms with van der Waals surface area (Å²) in [4.78, 5) is 31.2. The van der Waals surface area contributed by atoms with Crippen molar-refractivity contribution in [3.8, 4) is 11.5 Å². The lowest BCUT2D eigenvalue weighted by Gasteiger charge is -2.22. The fraction of sp³-hybridized carbons (Fsp3) is 0.261. The molecule has 1 aromatic carbocycles. The van der Waals surface area contributed by atoms with Crippen LogP contribution in [0.1, 0.15) is 31.2 Å². The summed E-state index contributed by atoms with van der Waals surface area (Å²) in [6.45, 7) is 3.67. The first-order valence-corrected chi connectivity index (χ1v) is 10.7. The van der Waals surface area contributed by atoms with Gasteiger partial charge in [0.1, 0.15) is 11.8 Å². The first-order valence-electron chi connectivity index (χ1n) is 9.93. The van der Waals surface area contributed by atoms with Gasteiger partial charge in [-0.3, -0.25) is 9.36 Å². The van der Waals surface area contributed by atoms with Crippen LogP contribution < -0.4 is 24.4 Å². The molecule has 9 heteroatoms. The predicted octanol–water partition coefficient (Wildman–Crippen LogP) is 2.41. The molecule has 4 rings (SSSR count). The fourth-order valence-electron chi connectivity index (χ4n) is 3.60. The third-order valence-electron chi connectivity index (χ3n) is 5.04. The van der Waals surface area contributed by atoms with Gasteiger partial charge in [0, 0.05) is 0 Å². The molecule has 1 atom stereocenters. The van der Waals surface area contributed by atoms with E-state index in [-0.39, 0.29) is 17.7 Å². The Morgan fingerprint density at radius 2 is 2.03 bits per heavy atom. The van der Waals surface area contributed by atoms with Crippen molar-refractivity contribution in [3.63, 3.8) is 0 Å². The summed E-state index contributed by atoms with van der Waals surface area (Å²) in [6.07, 6.45) is 3.27. The standard InChI is InChI=1S/C23H22N2O6S/c1-5-30-22(27)19-13(2)24-23-25(20(19)16-7-6-10-31-16)21(26)18(32-23)12-14-8-9-15(28-3)17(11-14)29-4/h6-12,20H,5H2,1-4H3/b18-12+/t20-/m1/s1. The lowest BCUT2D eigenvalue weighted by molar-refractivity contribution is -0.139. The molecule has 0 spiro atoms. The molecule has 166 valence electrons. The molecule has 32 heavy (non-hydrogen) atoms. The Morgan fingerprint density at radius 3 is 2.69 bits per heavy atom. The maximum atomic E-state index is 13.4. The molecular formula is C23H22N2O6S. The van der Waals surface area contributed by atoms with Crippen molar-refractivity contribution in [1.29, 1.82) is 0 Å². The lowest BCUT2D eigenvalue weighted by atomic mass is 10.0. The van der Waals surface area contributed by atoms with Crippen LogP contribution in [0.15, 0.2) is 62.1 Å². The normalized spacial score (nSPS) is 15.9. The highest BCUT2D eigenvalue weighted by atomic mass is 32.1. The van der Waals surface area contributed by atoms with Crippen molar-refractivity contribution in [2.45, 2.75) is 19.9 Å². The van der Waals surface area contributed by atoms with E-state index in [4.69, 9.17) is 18.6 Å². The van der Waals surface area contributed by atoms with Crippen LogP contribution in [0.2, 0.25) is 0 Å². The summed E-state index contributed by atoms with van der Waals surface area (Å²) >= 11 is 1.24. The highest BCUT2D eigenvalue weighted by Crippen LogP contribution is 2.31. The van der Waals surface area contributed by atoms with E-state index in [0.717, 1.165) is 5.56 Å². The molecule has 3 aromatic rings. The van der Waals surface area contributed by atoms with E-state index < -0.39 is 12.0 Å². The first-order chi connectivity index (χ1) is 15.5. The topological polar surface area (TPSA) is 92.3 Å². The Morgan fingerprint density at radius 1 is 1.25 bits per heavy atom. The number of ether oxygens (including phenoxy) is 3. The highest BCUT2D eigenvalue weighted by Gasteiger charge is 2.35. The maximum Gasteiger partial charge on any atom is 0.338 e. The summed E-state index contributed by atoms with van der Waals surface area (Å²) in [6, 6.07) is 8.08. The van der Waals surface area contributed by atoms with E-state index in [1.807, 2.05) is 6.07 Å². The Labute approximate surface area is 187 Å². The molecule has 0 saturated heterocycles. The molecule has 8 nitrogen and oxygen atoms in total. The summed E-state index contributed by atoms with van der Waals surface area (Å²) in [5.41, 5.74) is 1.26. The zero-order chi connectivity index (χ0) is 22.8. The van der Waals surface area contributed by atoms with Gasteiger partial charge in [0.25, 0.3) is 5.56 Å². The zero-order valence-electron chi connectivity index (χ0n) is 18.1. The van der Waals surface area contributed by atoms with Gasteiger partial charge in [0.05, 0.1) is 42.9 Å². The number of furan rings is 1. The van der Waals surface area contributed by atoms with Crippen molar-refractivity contribution in [2.75, 3.05) is 20.8 Å². The van der Waals surface area contributed by atoms with Crippen LogP contribution in [0.4, 0.5) is 0 Å². The number of carbonyl (C=O) groups excluding carboxylic acids is 1. The average Bonchev–Trinajstić information content (AvgIpc) is 3.41. The van der Waals surface area contributed by atoms with Crippen LogP contribution in [-0.2, 0) is 9.53 Å². The number of allylic oxidation sites excluding steroid dienone is 1. The zero-order valence-corrected chi connectivity index (χ0v) is 18.9. The molecule has 0 N–H and O–H groups in total. The van der Waals surface area contributed by atoms with Gasteiger partial charge < -0.3 is 18.6 Å². The average molecular weight is 455 g/mol. The monoisotopic (exact) mass is 454 g/mol. The van der Waals surface area contributed by atoms with Gasteiger partial charge in [-0.15, -0.1) is 0 Å². The van der Waals surface area contributed by atoms with Gasteiger partial charge in [-0.2, -0.15) is 0 Å². The number of rotatable bonds is 6. The van der Waals surface area contributed by atoms with Gasteiger partial charge in [-0.1, -0.05) is 17.4 Å². The van der Waals surface area contributed by atoms with Crippen molar-refractivity contribution in [1.82, 2.24) is 4.57 Å². The second-order valence-electron chi connectivity index (χ2n) is 6.93. The van der Waals surface area contributed by atoms with Crippen LogP contribution in [0.3, 0.4) is 0 Å². The minimum Gasteiger partial charge on any atom is -0.493 e. The van der Waals surface area contributed by atoms with E-state index in [1.54, 1.807) is 58.4 Å². The number of methoxy groups -OCH3 is 2. The third kappa shape index (κ3) is 3.75. The minimum absolute atomic E-state index is 0.213. The van der Waals surface area contributed by atoms with Crippen molar-refractivity contribution in [2.24, 2.45) is 4.99 Å². The number of esters is 1. The molecule has 1 aliphatic rings. The van der Waals surface area contributed by atoms with Crippen molar-refractivity contribution in [3.05, 3.63) is 78.9 Å². The summed E-state index contributed by atoms with van der Waals surface area (Å²) in [5.74, 6) is 1.09. The molecule has 3 heterocycles. The van der Waals surface area contributed by atoms with Gasteiger partial charge >= 0.3 is 5.97 Å². The molecular weight excluding hydrogens is 432 g/mol. The number of nitrogens with zero attached hydrogens (tertiary/aromatic N) is 2. The minimum atomic E-state index is -0.757. The largest absolute Gasteiger partial charge is 0.493 e. The smallest absolute Gasteiger partial charge is 0.338 e. The summed E-state index contributed by atoms with van der Waals surface area (Å²) < 4.78 is 23.4. The summed E-state index contributed by atoms with van der Waals surface area (Å²) in [7, 11) is 3.12. The summed E-state index contributed by atoms with van der Waals surface area (Å²) in [5, 5.41) is 0. The molecule has 0 saturated carbocycles. The Bertz CT molecular complexity index is 1360. The number of hydrogen-bond donors (Lipinski definition) is 0. The van der Waals surface area contributed by atoms with Crippen LogP contribution in [0, 0.1) is 0 Å². The molecule has 0 bridgehead atoms. The third-order valence-corrected chi connectivity index (χ3v) is 6.02. The number of benzene rings is 1. The molecule has 0 fully saturated rings. The second-order valence-corrected chi connectivity index (χ2v) is 7.94. The van der Waals surface area contributed by atoms with E-state index in [1.165, 1.54) is 22.2 Å². The van der Waals surface area contributed by atoms with Gasteiger partial charge in [0.2, 0.25) is 0 Å². The molecule has 1 aliphatic heterocycles. The number of fused-ring (bicyclic) bond motifs is 1. The van der Waals surface area contributed by atoms with Crippen LogP contribution in [-0.4, -0.2) is 31.4 Å². The number of carbonyl (C=O) groups is 1. The molecule has 0 amide bonds. The molecule has 0 radical (unpaired) electrons. The van der Waals surface area contributed by atoms with Crippen molar-refractivity contribution < 1.29 is 23.4 Å².